The Hall–Kier alpha value is -1.38. The number of hydrogen-bond donors (Lipinski definition) is 1. The van der Waals surface area contributed by atoms with Crippen molar-refractivity contribution in [2.45, 2.75) is 32.1 Å². The van der Waals surface area contributed by atoms with Crippen molar-refractivity contribution in [2.24, 2.45) is 4.99 Å². The number of allylic oxidation sites excluding steroid dienone is 1. The van der Waals surface area contributed by atoms with Gasteiger partial charge in [0, 0.05) is 52.2 Å². The SMILES string of the molecule is CN=C(NCCC1=CCCCC1)N1CCN(c2ncccn2)CC1.I. The lowest BCUT2D eigenvalue weighted by atomic mass is 9.97. The molecule has 1 fully saturated rings. The van der Waals surface area contributed by atoms with Gasteiger partial charge in [-0.2, -0.15) is 0 Å². The molecule has 138 valence electrons. The van der Waals surface area contributed by atoms with Crippen LogP contribution >= 0.6 is 24.0 Å². The first-order valence-corrected chi connectivity index (χ1v) is 9.02. The van der Waals surface area contributed by atoms with E-state index in [9.17, 15) is 0 Å². The van der Waals surface area contributed by atoms with Gasteiger partial charge in [-0.3, -0.25) is 4.99 Å². The second-order valence-electron chi connectivity index (χ2n) is 6.36. The van der Waals surface area contributed by atoms with Gasteiger partial charge in [0.1, 0.15) is 0 Å². The summed E-state index contributed by atoms with van der Waals surface area (Å²) >= 11 is 0. The third-order valence-corrected chi connectivity index (χ3v) is 4.74. The highest BCUT2D eigenvalue weighted by molar-refractivity contribution is 14.0. The maximum atomic E-state index is 4.45. The number of halogens is 1. The summed E-state index contributed by atoms with van der Waals surface area (Å²) in [5, 5.41) is 3.53. The van der Waals surface area contributed by atoms with E-state index in [4.69, 9.17) is 0 Å². The van der Waals surface area contributed by atoms with Crippen molar-refractivity contribution in [3.63, 3.8) is 0 Å². The number of nitrogens with zero attached hydrogens (tertiary/aromatic N) is 5. The molecule has 0 radical (unpaired) electrons. The van der Waals surface area contributed by atoms with Crippen LogP contribution in [0.3, 0.4) is 0 Å². The molecule has 0 atom stereocenters. The van der Waals surface area contributed by atoms with Crippen molar-refractivity contribution in [2.75, 3.05) is 44.7 Å². The first-order chi connectivity index (χ1) is 11.9. The minimum Gasteiger partial charge on any atom is -0.356 e. The monoisotopic (exact) mass is 456 g/mol. The van der Waals surface area contributed by atoms with E-state index in [0.717, 1.165) is 51.1 Å². The van der Waals surface area contributed by atoms with E-state index in [1.54, 1.807) is 18.0 Å². The summed E-state index contributed by atoms with van der Waals surface area (Å²) in [6, 6.07) is 1.85. The number of rotatable bonds is 4. The van der Waals surface area contributed by atoms with E-state index >= 15 is 0 Å². The van der Waals surface area contributed by atoms with Crippen LogP contribution in [0.5, 0.6) is 0 Å². The van der Waals surface area contributed by atoms with Gasteiger partial charge >= 0.3 is 0 Å². The third kappa shape index (κ3) is 5.83. The second kappa shape index (κ2) is 10.6. The van der Waals surface area contributed by atoms with E-state index in [1.165, 1.54) is 25.7 Å². The number of nitrogens with one attached hydrogen (secondary N) is 1. The number of hydrogen-bond acceptors (Lipinski definition) is 4. The lowest BCUT2D eigenvalue weighted by molar-refractivity contribution is 0.370. The zero-order valence-corrected chi connectivity index (χ0v) is 17.4. The topological polar surface area (TPSA) is 56.7 Å². The van der Waals surface area contributed by atoms with Gasteiger partial charge in [-0.25, -0.2) is 9.97 Å². The molecule has 6 nitrogen and oxygen atoms in total. The van der Waals surface area contributed by atoms with Crippen molar-refractivity contribution in [3.8, 4) is 0 Å². The maximum absolute atomic E-state index is 4.45. The smallest absolute Gasteiger partial charge is 0.225 e. The zero-order chi connectivity index (χ0) is 16.6. The first kappa shape index (κ1) is 19.9. The van der Waals surface area contributed by atoms with E-state index in [1.807, 2.05) is 13.1 Å². The molecule has 1 aliphatic heterocycles. The fraction of sp³-hybridized carbons (Fsp3) is 0.611. The molecule has 0 saturated carbocycles. The van der Waals surface area contributed by atoms with Crippen LogP contribution in [0.15, 0.2) is 35.1 Å². The van der Waals surface area contributed by atoms with Gasteiger partial charge in [0.05, 0.1) is 0 Å². The second-order valence-corrected chi connectivity index (χ2v) is 6.36. The summed E-state index contributed by atoms with van der Waals surface area (Å²) in [7, 11) is 1.87. The average Bonchev–Trinajstić information content (AvgIpc) is 2.67. The molecule has 1 aromatic rings. The van der Waals surface area contributed by atoms with Crippen LogP contribution < -0.4 is 10.2 Å². The van der Waals surface area contributed by atoms with Crippen LogP contribution in [0.4, 0.5) is 5.95 Å². The van der Waals surface area contributed by atoms with Gasteiger partial charge in [-0.1, -0.05) is 11.6 Å². The highest BCUT2D eigenvalue weighted by Gasteiger charge is 2.20. The van der Waals surface area contributed by atoms with Crippen molar-refractivity contribution in [1.29, 1.82) is 0 Å². The van der Waals surface area contributed by atoms with E-state index < -0.39 is 0 Å². The molecule has 25 heavy (non-hydrogen) atoms. The van der Waals surface area contributed by atoms with Gasteiger partial charge < -0.3 is 15.1 Å². The highest BCUT2D eigenvalue weighted by atomic mass is 127. The molecule has 0 bridgehead atoms. The van der Waals surface area contributed by atoms with Crippen LogP contribution in [-0.4, -0.2) is 60.6 Å². The minimum atomic E-state index is 0. The van der Waals surface area contributed by atoms with Gasteiger partial charge in [0.2, 0.25) is 5.95 Å². The first-order valence-electron chi connectivity index (χ1n) is 9.02. The number of aliphatic imine (C=N–C) groups is 1. The van der Waals surface area contributed by atoms with Crippen LogP contribution in [-0.2, 0) is 0 Å². The summed E-state index contributed by atoms with van der Waals surface area (Å²) in [6.45, 7) is 4.72. The van der Waals surface area contributed by atoms with Crippen LogP contribution in [0.2, 0.25) is 0 Å². The predicted octanol–water partition coefficient (Wildman–Crippen LogP) is 2.68. The van der Waals surface area contributed by atoms with Crippen molar-refractivity contribution >= 4 is 35.9 Å². The highest BCUT2D eigenvalue weighted by Crippen LogP contribution is 2.19. The summed E-state index contributed by atoms with van der Waals surface area (Å²) in [5.41, 5.74) is 1.61. The Kier molecular flexibility index (Phi) is 8.43. The summed E-state index contributed by atoms with van der Waals surface area (Å²) < 4.78 is 0. The predicted molar refractivity (Wildman–Crippen MR) is 114 cm³/mol. The fourth-order valence-electron chi connectivity index (χ4n) is 3.37. The Morgan fingerprint density at radius 2 is 1.92 bits per heavy atom. The van der Waals surface area contributed by atoms with Crippen molar-refractivity contribution < 1.29 is 0 Å². The van der Waals surface area contributed by atoms with Crippen LogP contribution in [0.25, 0.3) is 0 Å². The molecule has 1 N–H and O–H groups in total. The Morgan fingerprint density at radius 3 is 2.56 bits per heavy atom. The third-order valence-electron chi connectivity index (χ3n) is 4.74. The Balaban J connectivity index is 0.00000225. The largest absolute Gasteiger partial charge is 0.356 e. The van der Waals surface area contributed by atoms with E-state index in [0.29, 0.717) is 0 Å². The molecule has 0 unspecified atom stereocenters. The molecule has 2 aliphatic rings. The normalized spacial score (nSPS) is 18.4. The van der Waals surface area contributed by atoms with E-state index in [-0.39, 0.29) is 24.0 Å². The molecule has 7 heteroatoms. The number of piperazine rings is 1. The van der Waals surface area contributed by atoms with Gasteiger partial charge in [0.15, 0.2) is 5.96 Å². The maximum Gasteiger partial charge on any atom is 0.225 e. The quantitative estimate of drug-likeness (QED) is 0.327. The summed E-state index contributed by atoms with van der Waals surface area (Å²) in [4.78, 5) is 17.7. The van der Waals surface area contributed by atoms with Gasteiger partial charge in [-0.15, -0.1) is 24.0 Å². The molecule has 0 amide bonds. The summed E-state index contributed by atoms with van der Waals surface area (Å²) in [5.74, 6) is 1.84. The molecule has 0 spiro atoms. The zero-order valence-electron chi connectivity index (χ0n) is 15.0. The van der Waals surface area contributed by atoms with Gasteiger partial charge in [-0.05, 0) is 38.2 Å². The molecule has 2 heterocycles. The molecule has 0 aromatic carbocycles. The molecule has 1 saturated heterocycles. The molecular formula is C18H29IN6. The number of aromatic nitrogens is 2. The molecule has 1 aromatic heterocycles. The fourth-order valence-corrected chi connectivity index (χ4v) is 3.37. The summed E-state index contributed by atoms with van der Waals surface area (Å²) in [6.07, 6.45) is 12.4. The number of guanidine groups is 1. The molecular weight excluding hydrogens is 427 g/mol. The lowest BCUT2D eigenvalue weighted by Gasteiger charge is -2.36. The Labute approximate surface area is 167 Å². The number of anilines is 1. The van der Waals surface area contributed by atoms with Crippen molar-refractivity contribution in [3.05, 3.63) is 30.1 Å². The van der Waals surface area contributed by atoms with Crippen LogP contribution in [0, 0.1) is 0 Å². The van der Waals surface area contributed by atoms with E-state index in [2.05, 4.69) is 36.2 Å². The minimum absolute atomic E-state index is 0. The Morgan fingerprint density at radius 1 is 1.16 bits per heavy atom. The standard InChI is InChI=1S/C18H28N6.HI/c1-19-17(22-11-8-16-6-3-2-4-7-16)23-12-14-24(15-13-23)18-20-9-5-10-21-18;/h5-6,9-10H,2-4,7-8,11-15H2,1H3,(H,19,22);1H. The van der Waals surface area contributed by atoms with Crippen molar-refractivity contribution in [1.82, 2.24) is 20.2 Å². The van der Waals surface area contributed by atoms with Gasteiger partial charge in [0.25, 0.3) is 0 Å². The molecule has 3 rings (SSSR count). The lowest BCUT2D eigenvalue weighted by Crippen LogP contribution is -2.53. The average molecular weight is 456 g/mol. The van der Waals surface area contributed by atoms with Crippen LogP contribution in [0.1, 0.15) is 32.1 Å². The Bertz CT molecular complexity index is 566. The molecule has 1 aliphatic carbocycles.